The third-order valence-corrected chi connectivity index (χ3v) is 3.98. The summed E-state index contributed by atoms with van der Waals surface area (Å²) < 4.78 is 17.4. The summed E-state index contributed by atoms with van der Waals surface area (Å²) in [6, 6.07) is 2.01. The van der Waals surface area contributed by atoms with Crippen LogP contribution in [0.15, 0.2) is 6.07 Å². The lowest BCUT2D eigenvalue weighted by Crippen LogP contribution is -2.33. The molecular weight excluding hydrogens is 252 g/mol. The van der Waals surface area contributed by atoms with E-state index in [1.54, 1.807) is 14.2 Å². The molecule has 0 radical (unpaired) electrons. The van der Waals surface area contributed by atoms with Crippen LogP contribution in [0.1, 0.15) is 51.2 Å². The van der Waals surface area contributed by atoms with E-state index in [1.165, 1.54) is 11.1 Å². The lowest BCUT2D eigenvalue weighted by molar-refractivity contribution is 0.0817. The van der Waals surface area contributed by atoms with Gasteiger partial charge in [-0.25, -0.2) is 0 Å². The number of methoxy groups -OCH3 is 2. The van der Waals surface area contributed by atoms with E-state index < -0.39 is 0 Å². The van der Waals surface area contributed by atoms with Crippen molar-refractivity contribution in [2.75, 3.05) is 14.2 Å². The van der Waals surface area contributed by atoms with Gasteiger partial charge >= 0.3 is 0 Å². The Morgan fingerprint density at radius 2 is 1.90 bits per heavy atom. The average Bonchev–Trinajstić information content (AvgIpc) is 2.43. The van der Waals surface area contributed by atoms with Crippen LogP contribution in [0, 0.1) is 0 Å². The maximum Gasteiger partial charge on any atom is 0.133 e. The molecule has 1 heterocycles. The van der Waals surface area contributed by atoms with Crippen molar-refractivity contribution in [3.8, 4) is 17.2 Å². The molecule has 0 aliphatic carbocycles. The molecule has 0 atom stereocenters. The van der Waals surface area contributed by atoms with Crippen LogP contribution in [-0.4, -0.2) is 19.8 Å². The second-order valence-corrected chi connectivity index (χ2v) is 6.03. The van der Waals surface area contributed by atoms with Crippen molar-refractivity contribution in [2.45, 2.75) is 58.5 Å². The van der Waals surface area contributed by atoms with Gasteiger partial charge in [-0.1, -0.05) is 13.3 Å². The van der Waals surface area contributed by atoms with Gasteiger partial charge in [0.25, 0.3) is 0 Å². The molecule has 3 heteroatoms. The molecule has 0 N–H and O–H groups in total. The Morgan fingerprint density at radius 1 is 1.20 bits per heavy atom. The van der Waals surface area contributed by atoms with E-state index >= 15 is 0 Å². The second-order valence-electron chi connectivity index (χ2n) is 6.03. The molecule has 1 aromatic rings. The van der Waals surface area contributed by atoms with Crippen LogP contribution in [0.3, 0.4) is 0 Å². The van der Waals surface area contributed by atoms with E-state index in [2.05, 4.69) is 20.8 Å². The molecule has 1 aliphatic heterocycles. The largest absolute Gasteiger partial charge is 0.496 e. The Hall–Kier alpha value is -1.38. The Kier molecular flexibility index (Phi) is 4.46. The zero-order valence-corrected chi connectivity index (χ0v) is 13.3. The minimum atomic E-state index is -0.120. The minimum Gasteiger partial charge on any atom is -0.496 e. The summed E-state index contributed by atoms with van der Waals surface area (Å²) in [4.78, 5) is 0. The van der Waals surface area contributed by atoms with Crippen LogP contribution in [0.5, 0.6) is 17.2 Å². The Morgan fingerprint density at radius 3 is 2.50 bits per heavy atom. The number of unbranched alkanes of at least 4 members (excludes halogenated alkanes) is 1. The van der Waals surface area contributed by atoms with Crippen LogP contribution in [0.2, 0.25) is 0 Å². The van der Waals surface area contributed by atoms with E-state index in [-0.39, 0.29) is 5.60 Å². The van der Waals surface area contributed by atoms with Gasteiger partial charge in [0.05, 0.1) is 14.2 Å². The molecule has 0 saturated carbocycles. The number of benzene rings is 1. The summed E-state index contributed by atoms with van der Waals surface area (Å²) in [7, 11) is 3.42. The fraction of sp³-hybridized carbons (Fsp3) is 0.647. The fourth-order valence-electron chi connectivity index (χ4n) is 2.77. The van der Waals surface area contributed by atoms with Crippen LogP contribution >= 0.6 is 0 Å². The van der Waals surface area contributed by atoms with E-state index in [1.807, 2.05) is 6.07 Å². The van der Waals surface area contributed by atoms with Crippen molar-refractivity contribution in [1.29, 1.82) is 0 Å². The Balaban J connectivity index is 2.53. The molecule has 1 aliphatic rings. The summed E-state index contributed by atoms with van der Waals surface area (Å²) in [5.74, 6) is 2.75. The predicted octanol–water partition coefficient (Wildman–Crippen LogP) is 4.15. The van der Waals surface area contributed by atoms with Gasteiger partial charge in [0.1, 0.15) is 22.8 Å². The number of rotatable bonds is 5. The van der Waals surface area contributed by atoms with Crippen LogP contribution < -0.4 is 14.2 Å². The minimum absolute atomic E-state index is 0.120. The highest BCUT2D eigenvalue weighted by atomic mass is 16.5. The zero-order valence-electron chi connectivity index (χ0n) is 13.3. The Bertz CT molecular complexity index is 478. The van der Waals surface area contributed by atoms with Crippen LogP contribution in [-0.2, 0) is 12.8 Å². The molecule has 0 unspecified atom stereocenters. The topological polar surface area (TPSA) is 27.7 Å². The fourth-order valence-corrected chi connectivity index (χ4v) is 2.77. The number of ether oxygens (including phenoxy) is 3. The lowest BCUT2D eigenvalue weighted by Gasteiger charge is -2.35. The molecule has 0 spiro atoms. The van der Waals surface area contributed by atoms with Gasteiger partial charge in [0, 0.05) is 17.2 Å². The first-order valence-electron chi connectivity index (χ1n) is 7.48. The predicted molar refractivity (Wildman–Crippen MR) is 81.2 cm³/mol. The third-order valence-electron chi connectivity index (χ3n) is 3.98. The molecule has 0 fully saturated rings. The van der Waals surface area contributed by atoms with Crippen molar-refractivity contribution in [3.63, 3.8) is 0 Å². The van der Waals surface area contributed by atoms with Crippen LogP contribution in [0.4, 0.5) is 0 Å². The van der Waals surface area contributed by atoms with Crippen molar-refractivity contribution >= 4 is 0 Å². The Labute approximate surface area is 122 Å². The summed E-state index contributed by atoms with van der Waals surface area (Å²) in [5, 5.41) is 0. The highest BCUT2D eigenvalue weighted by Crippen LogP contribution is 2.45. The number of hydrogen-bond acceptors (Lipinski definition) is 3. The van der Waals surface area contributed by atoms with Gasteiger partial charge in [-0.2, -0.15) is 0 Å². The first-order valence-corrected chi connectivity index (χ1v) is 7.48. The van der Waals surface area contributed by atoms with Gasteiger partial charge in [0.15, 0.2) is 0 Å². The van der Waals surface area contributed by atoms with Crippen molar-refractivity contribution in [3.05, 3.63) is 17.2 Å². The zero-order chi connectivity index (χ0) is 14.8. The first kappa shape index (κ1) is 15.0. The van der Waals surface area contributed by atoms with Gasteiger partial charge in [-0.05, 0) is 39.5 Å². The third kappa shape index (κ3) is 2.87. The summed E-state index contributed by atoms with van der Waals surface area (Å²) >= 11 is 0. The highest BCUT2D eigenvalue weighted by Gasteiger charge is 2.32. The normalized spacial score (nSPS) is 16.2. The van der Waals surface area contributed by atoms with Crippen LogP contribution in [0.25, 0.3) is 0 Å². The first-order chi connectivity index (χ1) is 9.52. The van der Waals surface area contributed by atoms with Crippen molar-refractivity contribution in [1.82, 2.24) is 0 Å². The lowest BCUT2D eigenvalue weighted by atomic mass is 9.90. The van der Waals surface area contributed by atoms with Gasteiger partial charge in [-0.3, -0.25) is 0 Å². The molecule has 0 saturated heterocycles. The summed E-state index contributed by atoms with van der Waals surface area (Å²) in [6.45, 7) is 6.49. The SMILES string of the molecule is CCCCc1c(OC)cc(OC)c2c1OC(C)(C)CC2. The maximum atomic E-state index is 6.27. The molecule has 112 valence electrons. The molecular formula is C17H26O3. The van der Waals surface area contributed by atoms with E-state index in [4.69, 9.17) is 14.2 Å². The van der Waals surface area contributed by atoms with E-state index in [0.717, 1.165) is 49.4 Å². The summed E-state index contributed by atoms with van der Waals surface area (Å²) in [6.07, 6.45) is 5.29. The monoisotopic (exact) mass is 278 g/mol. The quantitative estimate of drug-likeness (QED) is 0.809. The molecule has 0 amide bonds. The van der Waals surface area contributed by atoms with E-state index in [9.17, 15) is 0 Å². The van der Waals surface area contributed by atoms with E-state index in [0.29, 0.717) is 0 Å². The second kappa shape index (κ2) is 5.94. The maximum absolute atomic E-state index is 6.27. The molecule has 3 nitrogen and oxygen atoms in total. The molecule has 0 bridgehead atoms. The molecule has 0 aromatic heterocycles. The molecule has 2 rings (SSSR count). The smallest absolute Gasteiger partial charge is 0.133 e. The average molecular weight is 278 g/mol. The van der Waals surface area contributed by atoms with Crippen molar-refractivity contribution in [2.24, 2.45) is 0 Å². The molecule has 20 heavy (non-hydrogen) atoms. The van der Waals surface area contributed by atoms with Gasteiger partial charge in [-0.15, -0.1) is 0 Å². The van der Waals surface area contributed by atoms with Gasteiger partial charge < -0.3 is 14.2 Å². The number of fused-ring (bicyclic) bond motifs is 1. The van der Waals surface area contributed by atoms with Crippen molar-refractivity contribution < 1.29 is 14.2 Å². The number of hydrogen-bond donors (Lipinski definition) is 0. The van der Waals surface area contributed by atoms with Gasteiger partial charge in [0.2, 0.25) is 0 Å². The standard InChI is InChI=1S/C17H26O3/c1-6-7-8-12-14(18-4)11-15(19-5)13-9-10-17(2,3)20-16(12)13/h11H,6-10H2,1-5H3. The summed E-state index contributed by atoms with van der Waals surface area (Å²) in [5.41, 5.74) is 2.27. The highest BCUT2D eigenvalue weighted by molar-refractivity contribution is 5.58. The molecule has 1 aromatic carbocycles.